The SMILES string of the molecule is N#Cc1cc(C(N)=O)ccc1OCCO. The maximum atomic E-state index is 10.8. The Hall–Kier alpha value is -2.06. The molecule has 0 saturated carbocycles. The van der Waals surface area contributed by atoms with Crippen LogP contribution in [0.25, 0.3) is 0 Å². The minimum atomic E-state index is -0.597. The Balaban J connectivity index is 3.00. The average Bonchev–Trinajstić information content (AvgIpc) is 2.25. The van der Waals surface area contributed by atoms with Crippen molar-refractivity contribution >= 4 is 5.91 Å². The van der Waals surface area contributed by atoms with E-state index in [2.05, 4.69) is 0 Å². The van der Waals surface area contributed by atoms with E-state index in [0.717, 1.165) is 0 Å². The van der Waals surface area contributed by atoms with Gasteiger partial charge >= 0.3 is 0 Å². The molecule has 0 aliphatic rings. The van der Waals surface area contributed by atoms with Crippen molar-refractivity contribution in [3.05, 3.63) is 29.3 Å². The number of ether oxygens (including phenoxy) is 1. The molecule has 0 heterocycles. The summed E-state index contributed by atoms with van der Waals surface area (Å²) in [5, 5.41) is 17.3. The average molecular weight is 206 g/mol. The van der Waals surface area contributed by atoms with Gasteiger partial charge in [0.05, 0.1) is 12.2 Å². The third-order valence-corrected chi connectivity index (χ3v) is 1.73. The first-order valence-electron chi connectivity index (χ1n) is 4.26. The number of nitrogens with zero attached hydrogens (tertiary/aromatic N) is 1. The number of hydrogen-bond donors (Lipinski definition) is 2. The lowest BCUT2D eigenvalue weighted by Crippen LogP contribution is -2.11. The second-order valence-corrected chi connectivity index (χ2v) is 2.76. The molecule has 0 aromatic heterocycles. The van der Waals surface area contributed by atoms with Crippen molar-refractivity contribution in [2.24, 2.45) is 5.73 Å². The second kappa shape index (κ2) is 4.98. The van der Waals surface area contributed by atoms with Crippen LogP contribution in [0.1, 0.15) is 15.9 Å². The standard InChI is InChI=1S/C10H10N2O3/c11-6-8-5-7(10(12)14)1-2-9(8)15-4-3-13/h1-2,5,13H,3-4H2,(H2,12,14). The van der Waals surface area contributed by atoms with Crippen LogP contribution in [0.4, 0.5) is 0 Å². The van der Waals surface area contributed by atoms with Crippen molar-refractivity contribution < 1.29 is 14.6 Å². The number of amides is 1. The van der Waals surface area contributed by atoms with Gasteiger partial charge in [0.25, 0.3) is 0 Å². The molecule has 15 heavy (non-hydrogen) atoms. The number of nitriles is 1. The van der Waals surface area contributed by atoms with Crippen molar-refractivity contribution in [2.45, 2.75) is 0 Å². The number of carbonyl (C=O) groups is 1. The van der Waals surface area contributed by atoms with E-state index >= 15 is 0 Å². The van der Waals surface area contributed by atoms with Gasteiger partial charge in [-0.3, -0.25) is 4.79 Å². The van der Waals surface area contributed by atoms with Crippen molar-refractivity contribution in [2.75, 3.05) is 13.2 Å². The lowest BCUT2D eigenvalue weighted by molar-refractivity contribution is 0.1000. The Bertz CT molecular complexity index is 410. The van der Waals surface area contributed by atoms with Gasteiger partial charge in [0, 0.05) is 5.56 Å². The van der Waals surface area contributed by atoms with Crippen LogP contribution in [0, 0.1) is 11.3 Å². The summed E-state index contributed by atoms with van der Waals surface area (Å²) >= 11 is 0. The van der Waals surface area contributed by atoms with E-state index < -0.39 is 5.91 Å². The third kappa shape index (κ3) is 2.69. The summed E-state index contributed by atoms with van der Waals surface area (Å²) in [4.78, 5) is 10.8. The molecule has 0 unspecified atom stereocenters. The summed E-state index contributed by atoms with van der Waals surface area (Å²) in [6.45, 7) is -0.0347. The molecule has 0 fully saturated rings. The van der Waals surface area contributed by atoms with Crippen LogP contribution < -0.4 is 10.5 Å². The molecular weight excluding hydrogens is 196 g/mol. The summed E-state index contributed by atoms with van der Waals surface area (Å²) in [6, 6.07) is 6.19. The Morgan fingerprint density at radius 1 is 1.60 bits per heavy atom. The van der Waals surface area contributed by atoms with Crippen LogP contribution in [-0.2, 0) is 0 Å². The van der Waals surface area contributed by atoms with E-state index in [1.807, 2.05) is 6.07 Å². The van der Waals surface area contributed by atoms with Crippen LogP contribution in [-0.4, -0.2) is 24.2 Å². The number of benzene rings is 1. The Labute approximate surface area is 86.7 Å². The molecule has 0 saturated heterocycles. The van der Waals surface area contributed by atoms with Crippen LogP contribution >= 0.6 is 0 Å². The van der Waals surface area contributed by atoms with E-state index in [-0.39, 0.29) is 24.3 Å². The highest BCUT2D eigenvalue weighted by atomic mass is 16.5. The van der Waals surface area contributed by atoms with Gasteiger partial charge in [-0.25, -0.2) is 0 Å². The maximum Gasteiger partial charge on any atom is 0.248 e. The molecule has 1 amide bonds. The van der Waals surface area contributed by atoms with Crippen molar-refractivity contribution in [1.82, 2.24) is 0 Å². The van der Waals surface area contributed by atoms with Gasteiger partial charge in [-0.15, -0.1) is 0 Å². The van der Waals surface area contributed by atoms with Gasteiger partial charge in [0.2, 0.25) is 5.91 Å². The van der Waals surface area contributed by atoms with E-state index in [4.69, 9.17) is 20.8 Å². The normalized spacial score (nSPS) is 9.33. The molecule has 0 spiro atoms. The fraction of sp³-hybridized carbons (Fsp3) is 0.200. The highest BCUT2D eigenvalue weighted by molar-refractivity contribution is 5.93. The molecule has 0 aliphatic carbocycles. The maximum absolute atomic E-state index is 10.8. The molecule has 1 aromatic rings. The highest BCUT2D eigenvalue weighted by Gasteiger charge is 2.07. The lowest BCUT2D eigenvalue weighted by atomic mass is 10.1. The van der Waals surface area contributed by atoms with Crippen molar-refractivity contribution in [3.63, 3.8) is 0 Å². The lowest BCUT2D eigenvalue weighted by Gasteiger charge is -2.06. The fourth-order valence-electron chi connectivity index (χ4n) is 1.05. The van der Waals surface area contributed by atoms with Gasteiger partial charge < -0.3 is 15.6 Å². The number of rotatable bonds is 4. The zero-order chi connectivity index (χ0) is 11.3. The van der Waals surface area contributed by atoms with E-state index in [9.17, 15) is 4.79 Å². The first-order valence-corrected chi connectivity index (χ1v) is 4.26. The molecule has 3 N–H and O–H groups in total. The van der Waals surface area contributed by atoms with Crippen molar-refractivity contribution in [3.8, 4) is 11.8 Å². The molecule has 1 aromatic carbocycles. The highest BCUT2D eigenvalue weighted by Crippen LogP contribution is 2.18. The Morgan fingerprint density at radius 2 is 2.33 bits per heavy atom. The fourth-order valence-corrected chi connectivity index (χ4v) is 1.05. The van der Waals surface area contributed by atoms with E-state index in [1.165, 1.54) is 18.2 Å². The zero-order valence-electron chi connectivity index (χ0n) is 7.93. The van der Waals surface area contributed by atoms with Gasteiger partial charge in [0.1, 0.15) is 18.4 Å². The molecule has 5 heteroatoms. The van der Waals surface area contributed by atoms with Crippen LogP contribution in [0.3, 0.4) is 0 Å². The summed E-state index contributed by atoms with van der Waals surface area (Å²) < 4.78 is 5.09. The third-order valence-electron chi connectivity index (χ3n) is 1.73. The van der Waals surface area contributed by atoms with E-state index in [1.54, 1.807) is 0 Å². The molecule has 78 valence electrons. The number of aliphatic hydroxyl groups is 1. The largest absolute Gasteiger partial charge is 0.490 e. The molecular formula is C10H10N2O3. The minimum Gasteiger partial charge on any atom is -0.490 e. The first kappa shape index (κ1) is 11.0. The zero-order valence-corrected chi connectivity index (χ0v) is 7.93. The minimum absolute atomic E-state index is 0.102. The Kier molecular flexibility index (Phi) is 3.66. The molecule has 0 atom stereocenters. The van der Waals surface area contributed by atoms with Crippen LogP contribution in [0.15, 0.2) is 18.2 Å². The molecule has 0 bridgehead atoms. The molecule has 0 radical (unpaired) electrons. The van der Waals surface area contributed by atoms with Gasteiger partial charge in [-0.2, -0.15) is 5.26 Å². The quantitative estimate of drug-likeness (QED) is 0.726. The monoisotopic (exact) mass is 206 g/mol. The summed E-state index contributed by atoms with van der Waals surface area (Å²) in [5.74, 6) is -0.267. The van der Waals surface area contributed by atoms with Gasteiger partial charge in [-0.1, -0.05) is 0 Å². The predicted molar refractivity (Wildman–Crippen MR) is 52.3 cm³/mol. The summed E-state index contributed by atoms with van der Waals surface area (Å²) in [7, 11) is 0. The smallest absolute Gasteiger partial charge is 0.248 e. The Morgan fingerprint density at radius 3 is 2.87 bits per heavy atom. The number of aliphatic hydroxyl groups excluding tert-OH is 1. The second-order valence-electron chi connectivity index (χ2n) is 2.76. The van der Waals surface area contributed by atoms with Crippen molar-refractivity contribution in [1.29, 1.82) is 5.26 Å². The summed E-state index contributed by atoms with van der Waals surface area (Å²) in [6.07, 6.45) is 0. The van der Waals surface area contributed by atoms with E-state index in [0.29, 0.717) is 5.75 Å². The summed E-state index contributed by atoms with van der Waals surface area (Å²) in [5.41, 5.74) is 5.53. The number of hydrogen-bond acceptors (Lipinski definition) is 4. The number of primary amides is 1. The van der Waals surface area contributed by atoms with Crippen LogP contribution in [0.2, 0.25) is 0 Å². The van der Waals surface area contributed by atoms with Gasteiger partial charge in [0.15, 0.2) is 0 Å². The number of carbonyl (C=O) groups excluding carboxylic acids is 1. The number of nitrogens with two attached hydrogens (primary N) is 1. The predicted octanol–water partition coefficient (Wildman–Crippen LogP) is 0.0283. The molecule has 5 nitrogen and oxygen atoms in total. The van der Waals surface area contributed by atoms with Crippen LogP contribution in [0.5, 0.6) is 5.75 Å². The topological polar surface area (TPSA) is 96.3 Å². The molecule has 1 rings (SSSR count). The molecule has 0 aliphatic heterocycles. The van der Waals surface area contributed by atoms with Gasteiger partial charge in [-0.05, 0) is 18.2 Å². The first-order chi connectivity index (χ1) is 7.19.